The molecule has 6 heteroatoms. The average molecular weight is 280 g/mol. The van der Waals surface area contributed by atoms with E-state index in [9.17, 15) is 9.90 Å². The smallest absolute Gasteiger partial charge is 0.269 e. The first kappa shape index (κ1) is 16.4. The lowest BCUT2D eigenvalue weighted by molar-refractivity contribution is 0.0460. The molecule has 3 N–H and O–H groups in total. The fourth-order valence-electron chi connectivity index (χ4n) is 1.95. The van der Waals surface area contributed by atoms with E-state index in [1.54, 1.807) is 25.3 Å². The van der Waals surface area contributed by atoms with Gasteiger partial charge in [-0.15, -0.1) is 0 Å². The Bertz CT molecular complexity index is 447. The molecule has 0 saturated carbocycles. The molecular weight excluding hydrogens is 256 g/mol. The van der Waals surface area contributed by atoms with Gasteiger partial charge in [-0.3, -0.25) is 9.78 Å². The molecule has 0 aliphatic heterocycles. The molecule has 0 aliphatic carbocycles. The Morgan fingerprint density at radius 2 is 2.20 bits per heavy atom. The molecule has 0 fully saturated rings. The van der Waals surface area contributed by atoms with E-state index >= 15 is 0 Å². The van der Waals surface area contributed by atoms with Crippen molar-refractivity contribution in [2.75, 3.05) is 39.0 Å². The molecule has 1 aromatic rings. The number of pyridine rings is 1. The normalized spacial score (nSPS) is 13.9. The molecule has 1 rings (SSSR count). The molecule has 6 nitrogen and oxygen atoms in total. The van der Waals surface area contributed by atoms with Gasteiger partial charge in [0.15, 0.2) is 0 Å². The molecule has 1 unspecified atom stereocenters. The minimum Gasteiger partial charge on any atom is -0.387 e. The van der Waals surface area contributed by atoms with Crippen LogP contribution in [0.2, 0.25) is 0 Å². The highest BCUT2D eigenvalue weighted by atomic mass is 16.3. The Hall–Kier alpha value is -1.66. The van der Waals surface area contributed by atoms with Gasteiger partial charge in [0.05, 0.1) is 5.60 Å². The van der Waals surface area contributed by atoms with Crippen LogP contribution in [0.4, 0.5) is 5.69 Å². The first-order chi connectivity index (χ1) is 9.34. The minimum absolute atomic E-state index is 0.198. The van der Waals surface area contributed by atoms with E-state index in [0.717, 1.165) is 5.69 Å². The van der Waals surface area contributed by atoms with Crippen molar-refractivity contribution in [2.24, 2.45) is 0 Å². The Morgan fingerprint density at radius 1 is 1.50 bits per heavy atom. The number of hydrogen-bond acceptors (Lipinski definition) is 5. The van der Waals surface area contributed by atoms with Gasteiger partial charge in [0.2, 0.25) is 0 Å². The maximum atomic E-state index is 11.7. The largest absolute Gasteiger partial charge is 0.387 e. The summed E-state index contributed by atoms with van der Waals surface area (Å²) in [6.07, 6.45) is 1.58. The van der Waals surface area contributed by atoms with Crippen LogP contribution in [0.15, 0.2) is 18.3 Å². The van der Waals surface area contributed by atoms with Crippen molar-refractivity contribution < 1.29 is 9.90 Å². The number of carbonyl (C=O) groups is 1. The molecule has 0 aliphatic rings. The van der Waals surface area contributed by atoms with Crippen molar-refractivity contribution in [3.8, 4) is 0 Å². The zero-order chi connectivity index (χ0) is 15.2. The van der Waals surface area contributed by atoms with Gasteiger partial charge in [0.25, 0.3) is 5.91 Å². The van der Waals surface area contributed by atoms with E-state index in [1.807, 2.05) is 25.9 Å². The molecule has 1 atom stereocenters. The zero-order valence-corrected chi connectivity index (χ0v) is 12.6. The predicted molar refractivity (Wildman–Crippen MR) is 79.9 cm³/mol. The fraction of sp³-hybridized carbons (Fsp3) is 0.571. The first-order valence-electron chi connectivity index (χ1n) is 6.69. The summed E-state index contributed by atoms with van der Waals surface area (Å²) in [4.78, 5) is 17.6. The number of hydrogen-bond donors (Lipinski definition) is 3. The average Bonchev–Trinajstić information content (AvgIpc) is 2.36. The van der Waals surface area contributed by atoms with Crippen LogP contribution in [0, 0.1) is 0 Å². The molecule has 112 valence electrons. The van der Waals surface area contributed by atoms with Crippen molar-refractivity contribution in [1.29, 1.82) is 0 Å². The number of likely N-dealkylation sites (N-methyl/N-ethyl adjacent to an activating group) is 1. The van der Waals surface area contributed by atoms with E-state index in [0.29, 0.717) is 25.3 Å². The van der Waals surface area contributed by atoms with Crippen LogP contribution < -0.4 is 10.6 Å². The first-order valence-corrected chi connectivity index (χ1v) is 6.69. The van der Waals surface area contributed by atoms with Crippen LogP contribution in [-0.2, 0) is 0 Å². The predicted octanol–water partition coefficient (Wildman–Crippen LogP) is 0.556. The summed E-state index contributed by atoms with van der Waals surface area (Å²) in [5, 5.41) is 16.0. The van der Waals surface area contributed by atoms with Gasteiger partial charge in [-0.25, -0.2) is 0 Å². The van der Waals surface area contributed by atoms with Gasteiger partial charge in [-0.1, -0.05) is 0 Å². The Labute approximate surface area is 120 Å². The third-order valence-electron chi connectivity index (χ3n) is 2.66. The molecule has 1 heterocycles. The molecule has 0 spiro atoms. The third kappa shape index (κ3) is 5.54. The molecule has 0 bridgehead atoms. The van der Waals surface area contributed by atoms with Crippen LogP contribution in [0.3, 0.4) is 0 Å². The van der Waals surface area contributed by atoms with Gasteiger partial charge in [-0.05, 0) is 40.1 Å². The zero-order valence-electron chi connectivity index (χ0n) is 12.6. The number of aromatic nitrogens is 1. The number of nitrogens with one attached hydrogen (secondary N) is 2. The lowest BCUT2D eigenvalue weighted by Gasteiger charge is -2.27. The van der Waals surface area contributed by atoms with Crippen LogP contribution in [0.1, 0.15) is 24.3 Å². The van der Waals surface area contributed by atoms with E-state index in [4.69, 9.17) is 0 Å². The topological polar surface area (TPSA) is 77.5 Å². The Kier molecular flexibility index (Phi) is 5.91. The monoisotopic (exact) mass is 280 g/mol. The highest BCUT2D eigenvalue weighted by Gasteiger charge is 2.21. The molecule has 0 radical (unpaired) electrons. The molecule has 1 amide bonds. The number of nitrogens with zero attached hydrogens (tertiary/aromatic N) is 2. The SMILES string of the molecule is CCNC(=O)c1cc(NCC(C)(O)CN(C)C)ccn1. The Morgan fingerprint density at radius 3 is 2.80 bits per heavy atom. The number of aliphatic hydroxyl groups is 1. The Balaban J connectivity index is 2.65. The van der Waals surface area contributed by atoms with Gasteiger partial charge < -0.3 is 20.6 Å². The highest BCUT2D eigenvalue weighted by molar-refractivity contribution is 5.93. The van der Waals surface area contributed by atoms with Gasteiger partial charge in [-0.2, -0.15) is 0 Å². The van der Waals surface area contributed by atoms with E-state index in [1.165, 1.54) is 0 Å². The minimum atomic E-state index is -0.849. The molecule has 20 heavy (non-hydrogen) atoms. The molecule has 0 aromatic carbocycles. The van der Waals surface area contributed by atoms with E-state index in [-0.39, 0.29) is 5.91 Å². The lowest BCUT2D eigenvalue weighted by atomic mass is 10.1. The van der Waals surface area contributed by atoms with Crippen LogP contribution in [0.25, 0.3) is 0 Å². The summed E-state index contributed by atoms with van der Waals surface area (Å²) >= 11 is 0. The summed E-state index contributed by atoms with van der Waals surface area (Å²) in [6.45, 7) is 5.14. The molecule has 1 aromatic heterocycles. The maximum Gasteiger partial charge on any atom is 0.269 e. The number of anilines is 1. The molecular formula is C14H24N4O2. The van der Waals surface area contributed by atoms with Gasteiger partial charge in [0, 0.05) is 31.5 Å². The van der Waals surface area contributed by atoms with Crippen molar-refractivity contribution in [3.63, 3.8) is 0 Å². The van der Waals surface area contributed by atoms with Crippen LogP contribution >= 0.6 is 0 Å². The highest BCUT2D eigenvalue weighted by Crippen LogP contribution is 2.11. The summed E-state index contributed by atoms with van der Waals surface area (Å²) in [5.74, 6) is -0.198. The van der Waals surface area contributed by atoms with Crippen molar-refractivity contribution in [2.45, 2.75) is 19.4 Å². The third-order valence-corrected chi connectivity index (χ3v) is 2.66. The van der Waals surface area contributed by atoms with Crippen molar-refractivity contribution >= 4 is 11.6 Å². The molecule has 0 saturated heterocycles. The summed E-state index contributed by atoms with van der Waals surface area (Å²) < 4.78 is 0. The number of carbonyl (C=O) groups excluding carboxylic acids is 1. The van der Waals surface area contributed by atoms with Crippen molar-refractivity contribution in [3.05, 3.63) is 24.0 Å². The van der Waals surface area contributed by atoms with Crippen molar-refractivity contribution in [1.82, 2.24) is 15.2 Å². The van der Waals surface area contributed by atoms with Gasteiger partial charge in [0.1, 0.15) is 5.69 Å². The van der Waals surface area contributed by atoms with E-state index in [2.05, 4.69) is 15.6 Å². The van der Waals surface area contributed by atoms with Gasteiger partial charge >= 0.3 is 0 Å². The maximum absolute atomic E-state index is 11.7. The van der Waals surface area contributed by atoms with Crippen LogP contribution in [0.5, 0.6) is 0 Å². The summed E-state index contributed by atoms with van der Waals surface area (Å²) in [5.41, 5.74) is 0.280. The second-order valence-electron chi connectivity index (χ2n) is 5.38. The standard InChI is InChI=1S/C14H24N4O2/c1-5-15-13(19)12-8-11(6-7-16-12)17-9-14(2,20)10-18(3)4/h6-8,20H,5,9-10H2,1-4H3,(H,15,19)(H,16,17). The quantitative estimate of drug-likeness (QED) is 0.680. The second kappa shape index (κ2) is 7.21. The fourth-order valence-corrected chi connectivity index (χ4v) is 1.95. The summed E-state index contributed by atoms with van der Waals surface area (Å²) in [6, 6.07) is 3.45. The number of amides is 1. The van der Waals surface area contributed by atoms with Crippen LogP contribution in [-0.4, -0.2) is 60.2 Å². The van der Waals surface area contributed by atoms with E-state index < -0.39 is 5.60 Å². The summed E-state index contributed by atoms with van der Waals surface area (Å²) in [7, 11) is 3.82. The lowest BCUT2D eigenvalue weighted by Crippen LogP contribution is -2.43. The second-order valence-corrected chi connectivity index (χ2v) is 5.38. The number of rotatable bonds is 7.